The van der Waals surface area contributed by atoms with E-state index < -0.39 is 0 Å². The first-order chi connectivity index (χ1) is 12.1. The van der Waals surface area contributed by atoms with Crippen LogP contribution in [0.1, 0.15) is 57.8 Å². The first-order valence-corrected chi connectivity index (χ1v) is 11.5. The van der Waals surface area contributed by atoms with Crippen LogP contribution in [0.3, 0.4) is 0 Å². The lowest BCUT2D eigenvalue weighted by Gasteiger charge is -2.20. The molecule has 1 fully saturated rings. The Bertz CT molecular complexity index is 662. The van der Waals surface area contributed by atoms with Gasteiger partial charge in [-0.25, -0.2) is 4.98 Å². The molecule has 2 aromatic rings. The van der Waals surface area contributed by atoms with Crippen molar-refractivity contribution in [3.63, 3.8) is 0 Å². The first-order valence-electron chi connectivity index (χ1n) is 9.16. The summed E-state index contributed by atoms with van der Waals surface area (Å²) < 4.78 is 0. The van der Waals surface area contributed by atoms with Crippen LogP contribution in [0.25, 0.3) is 11.0 Å². The Hall–Kier alpha value is -1.14. The molecule has 0 radical (unpaired) electrons. The van der Waals surface area contributed by atoms with Gasteiger partial charge in [-0.1, -0.05) is 54.0 Å². The number of hydrogen-bond acceptors (Lipinski definition) is 4. The van der Waals surface area contributed by atoms with E-state index in [-0.39, 0.29) is 17.9 Å². The minimum atomic E-state index is -0.0679. The number of carbonyl (C=O) groups is 1. The van der Waals surface area contributed by atoms with Crippen molar-refractivity contribution in [1.29, 1.82) is 0 Å². The molecule has 1 aliphatic heterocycles. The van der Waals surface area contributed by atoms with Gasteiger partial charge in [0, 0.05) is 17.4 Å². The second-order valence-corrected chi connectivity index (χ2v) is 9.79. The number of imidazole rings is 1. The molecule has 25 heavy (non-hydrogen) atoms. The van der Waals surface area contributed by atoms with Crippen molar-refractivity contribution in [3.05, 3.63) is 30.1 Å². The Morgan fingerprint density at radius 2 is 2.20 bits per heavy atom. The number of benzene rings is 1. The summed E-state index contributed by atoms with van der Waals surface area (Å²) in [5.41, 5.74) is 1.97. The summed E-state index contributed by atoms with van der Waals surface area (Å²) in [6.45, 7) is 4.24. The second kappa shape index (κ2) is 8.99. The molecular weight excluding hydrogens is 350 g/mol. The van der Waals surface area contributed by atoms with Crippen LogP contribution in [0, 0.1) is 5.92 Å². The van der Waals surface area contributed by atoms with Crippen LogP contribution in [0.5, 0.6) is 0 Å². The van der Waals surface area contributed by atoms with Gasteiger partial charge in [0.25, 0.3) is 0 Å². The van der Waals surface area contributed by atoms with Gasteiger partial charge in [0.05, 0.1) is 17.1 Å². The average Bonchev–Trinajstić information content (AvgIpc) is 3.25. The Balaban J connectivity index is 1.51. The summed E-state index contributed by atoms with van der Waals surface area (Å²) in [7, 11) is 4.00. The fourth-order valence-electron chi connectivity index (χ4n) is 3.14. The topological polar surface area (TPSA) is 57.8 Å². The SMILES string of the molecule is CC(C)[C@H](NC(=O)CCCC[C@H]1CCSS1)c1nc2ccccc2[nH]1. The van der Waals surface area contributed by atoms with E-state index in [0.29, 0.717) is 6.42 Å². The summed E-state index contributed by atoms with van der Waals surface area (Å²) in [4.78, 5) is 20.4. The number of para-hydroxylation sites is 2. The van der Waals surface area contributed by atoms with Gasteiger partial charge in [-0.2, -0.15) is 0 Å². The number of hydrogen-bond donors (Lipinski definition) is 2. The van der Waals surface area contributed by atoms with E-state index >= 15 is 0 Å². The summed E-state index contributed by atoms with van der Waals surface area (Å²) in [5.74, 6) is 2.55. The van der Waals surface area contributed by atoms with Crippen LogP contribution in [0.15, 0.2) is 24.3 Å². The first kappa shape index (κ1) is 18.6. The second-order valence-electron chi connectivity index (χ2n) is 7.00. The predicted octanol–water partition coefficient (Wildman–Crippen LogP) is 5.09. The maximum atomic E-state index is 12.4. The van der Waals surface area contributed by atoms with Crippen molar-refractivity contribution >= 4 is 38.5 Å². The van der Waals surface area contributed by atoms with Crippen molar-refractivity contribution in [2.45, 2.75) is 57.2 Å². The molecule has 3 rings (SSSR count). The summed E-state index contributed by atoms with van der Waals surface area (Å²) in [5, 5.41) is 3.98. The van der Waals surface area contributed by atoms with Crippen LogP contribution in [0.4, 0.5) is 0 Å². The van der Waals surface area contributed by atoms with Crippen molar-refractivity contribution in [2.24, 2.45) is 5.92 Å². The van der Waals surface area contributed by atoms with Crippen LogP contribution >= 0.6 is 21.6 Å². The maximum absolute atomic E-state index is 12.4. The summed E-state index contributed by atoms with van der Waals surface area (Å²) in [6.07, 6.45) is 5.28. The quantitative estimate of drug-likeness (QED) is 0.497. The number of aromatic nitrogens is 2. The van der Waals surface area contributed by atoms with Crippen LogP contribution < -0.4 is 5.32 Å². The number of fused-ring (bicyclic) bond motifs is 1. The van der Waals surface area contributed by atoms with Gasteiger partial charge >= 0.3 is 0 Å². The van der Waals surface area contributed by atoms with Crippen molar-refractivity contribution in [1.82, 2.24) is 15.3 Å². The summed E-state index contributed by atoms with van der Waals surface area (Å²) >= 11 is 0. The standard InChI is InChI=1S/C19H27N3OS2/c1-13(2)18(19-20-15-8-4-5-9-16(15)21-19)22-17(23)10-6-3-7-14-11-12-24-25-14/h4-5,8-9,13-14,18H,3,6-7,10-12H2,1-2H3,(H,20,21)(H,22,23)/t14-,18-/m0/s1. The number of rotatable bonds is 8. The lowest BCUT2D eigenvalue weighted by atomic mass is 10.0. The Morgan fingerprint density at radius 3 is 2.92 bits per heavy atom. The van der Waals surface area contributed by atoms with Gasteiger partial charge in [-0.15, -0.1) is 0 Å². The molecule has 0 spiro atoms. The van der Waals surface area contributed by atoms with Crippen LogP contribution in [-0.2, 0) is 4.79 Å². The van der Waals surface area contributed by atoms with Crippen molar-refractivity contribution < 1.29 is 4.79 Å². The third kappa shape index (κ3) is 5.17. The number of amides is 1. The van der Waals surface area contributed by atoms with Gasteiger partial charge in [0.15, 0.2) is 0 Å². The van der Waals surface area contributed by atoms with Gasteiger partial charge in [0.2, 0.25) is 5.91 Å². The largest absolute Gasteiger partial charge is 0.346 e. The van der Waals surface area contributed by atoms with Gasteiger partial charge in [0.1, 0.15) is 5.82 Å². The molecule has 1 saturated heterocycles. The zero-order valence-electron chi connectivity index (χ0n) is 15.0. The van der Waals surface area contributed by atoms with E-state index in [1.807, 2.05) is 45.9 Å². The van der Waals surface area contributed by atoms with Crippen molar-refractivity contribution in [3.8, 4) is 0 Å². The highest BCUT2D eigenvalue weighted by atomic mass is 33.1. The van der Waals surface area contributed by atoms with Gasteiger partial charge in [-0.3, -0.25) is 4.79 Å². The van der Waals surface area contributed by atoms with Gasteiger partial charge in [-0.05, 0) is 37.3 Å². The van der Waals surface area contributed by atoms with E-state index in [0.717, 1.165) is 34.9 Å². The smallest absolute Gasteiger partial charge is 0.220 e. The summed E-state index contributed by atoms with van der Waals surface area (Å²) in [6, 6.07) is 7.92. The third-order valence-corrected chi connectivity index (χ3v) is 7.60. The molecule has 6 heteroatoms. The molecule has 1 amide bonds. The monoisotopic (exact) mass is 377 g/mol. The molecule has 136 valence electrons. The fraction of sp³-hybridized carbons (Fsp3) is 0.579. The molecular formula is C19H27N3OS2. The molecule has 0 aliphatic carbocycles. The Labute approximate surface area is 157 Å². The fourth-order valence-corrected chi connectivity index (χ4v) is 6.17. The lowest BCUT2D eigenvalue weighted by Crippen LogP contribution is -2.32. The third-order valence-electron chi connectivity index (χ3n) is 4.59. The Morgan fingerprint density at radius 1 is 1.36 bits per heavy atom. The molecule has 2 heterocycles. The molecule has 1 aromatic carbocycles. The maximum Gasteiger partial charge on any atom is 0.220 e. The van der Waals surface area contributed by atoms with Crippen LogP contribution in [0.2, 0.25) is 0 Å². The Kier molecular flexibility index (Phi) is 6.70. The molecule has 1 aromatic heterocycles. The number of nitrogens with zero attached hydrogens (tertiary/aromatic N) is 1. The highest BCUT2D eigenvalue weighted by Gasteiger charge is 2.22. The molecule has 0 saturated carbocycles. The molecule has 2 atom stereocenters. The number of carbonyl (C=O) groups excluding carboxylic acids is 1. The van der Waals surface area contributed by atoms with E-state index in [1.165, 1.54) is 18.6 Å². The number of unbranched alkanes of at least 4 members (excludes halogenated alkanes) is 1. The lowest BCUT2D eigenvalue weighted by molar-refractivity contribution is -0.122. The van der Waals surface area contributed by atoms with E-state index in [4.69, 9.17) is 0 Å². The van der Waals surface area contributed by atoms with E-state index in [2.05, 4.69) is 29.1 Å². The number of H-pyrrole nitrogens is 1. The average molecular weight is 378 g/mol. The molecule has 4 nitrogen and oxygen atoms in total. The van der Waals surface area contributed by atoms with E-state index in [9.17, 15) is 4.79 Å². The number of nitrogens with one attached hydrogen (secondary N) is 2. The van der Waals surface area contributed by atoms with Crippen LogP contribution in [-0.4, -0.2) is 26.9 Å². The zero-order valence-corrected chi connectivity index (χ0v) is 16.6. The number of aromatic amines is 1. The highest BCUT2D eigenvalue weighted by molar-refractivity contribution is 8.77. The molecule has 0 bridgehead atoms. The zero-order chi connectivity index (χ0) is 17.6. The predicted molar refractivity (Wildman–Crippen MR) is 109 cm³/mol. The van der Waals surface area contributed by atoms with E-state index in [1.54, 1.807) is 0 Å². The molecule has 0 unspecified atom stereocenters. The molecule has 1 aliphatic rings. The minimum Gasteiger partial charge on any atom is -0.346 e. The normalized spacial score (nSPS) is 18.8. The minimum absolute atomic E-state index is 0.0679. The molecule has 2 N–H and O–H groups in total. The van der Waals surface area contributed by atoms with Gasteiger partial charge < -0.3 is 10.3 Å². The highest BCUT2D eigenvalue weighted by Crippen LogP contribution is 2.39. The van der Waals surface area contributed by atoms with Crippen molar-refractivity contribution in [2.75, 3.05) is 5.75 Å².